The first kappa shape index (κ1) is 12.0. The van der Waals surface area contributed by atoms with Gasteiger partial charge in [-0.1, -0.05) is 11.6 Å². The number of esters is 1. The SMILES string of the molecule is COC(=O)[C@@]12CCC(=O)C=C1c1cc(C)ccc1O2. The van der Waals surface area contributed by atoms with E-state index in [1.54, 1.807) is 0 Å². The Bertz CT molecular complexity index is 615. The van der Waals surface area contributed by atoms with Gasteiger partial charge in [0.05, 0.1) is 7.11 Å². The molecule has 1 aliphatic carbocycles. The van der Waals surface area contributed by atoms with Gasteiger partial charge in [0, 0.05) is 24.0 Å². The van der Waals surface area contributed by atoms with Gasteiger partial charge in [-0.15, -0.1) is 0 Å². The second-order valence-corrected chi connectivity index (χ2v) is 4.94. The van der Waals surface area contributed by atoms with Crippen LogP contribution in [0.25, 0.3) is 5.57 Å². The van der Waals surface area contributed by atoms with Crippen LogP contribution in [0.5, 0.6) is 5.75 Å². The van der Waals surface area contributed by atoms with Crippen LogP contribution in [-0.4, -0.2) is 24.5 Å². The van der Waals surface area contributed by atoms with E-state index in [0.29, 0.717) is 24.2 Å². The zero-order chi connectivity index (χ0) is 13.6. The Morgan fingerprint density at radius 3 is 2.95 bits per heavy atom. The number of allylic oxidation sites excluding steroid dienone is 1. The van der Waals surface area contributed by atoms with Gasteiger partial charge in [-0.3, -0.25) is 4.79 Å². The van der Waals surface area contributed by atoms with Crippen molar-refractivity contribution in [3.8, 4) is 5.75 Å². The molecule has 19 heavy (non-hydrogen) atoms. The number of carbonyl (C=O) groups excluding carboxylic acids is 2. The van der Waals surface area contributed by atoms with E-state index in [1.807, 2.05) is 25.1 Å². The smallest absolute Gasteiger partial charge is 0.355 e. The lowest BCUT2D eigenvalue weighted by Gasteiger charge is -2.29. The van der Waals surface area contributed by atoms with Gasteiger partial charge in [0.25, 0.3) is 0 Å². The number of hydrogen-bond donors (Lipinski definition) is 0. The largest absolute Gasteiger partial charge is 0.470 e. The van der Waals surface area contributed by atoms with Crippen molar-refractivity contribution in [1.82, 2.24) is 0 Å². The van der Waals surface area contributed by atoms with Crippen molar-refractivity contribution in [3.05, 3.63) is 35.4 Å². The average molecular weight is 258 g/mol. The number of aryl methyl sites for hydroxylation is 1. The van der Waals surface area contributed by atoms with Crippen LogP contribution in [0.3, 0.4) is 0 Å². The van der Waals surface area contributed by atoms with Crippen molar-refractivity contribution in [3.63, 3.8) is 0 Å². The predicted octanol–water partition coefficient (Wildman–Crippen LogP) is 2.05. The molecule has 0 fully saturated rings. The Balaban J connectivity index is 2.21. The van der Waals surface area contributed by atoms with Gasteiger partial charge in [0.2, 0.25) is 5.60 Å². The molecule has 3 rings (SSSR count). The quantitative estimate of drug-likeness (QED) is 0.723. The standard InChI is InChI=1S/C15H14O4/c1-9-3-4-13-11(7-9)12-8-10(16)5-6-15(12,19-13)14(17)18-2/h3-4,7-8H,5-6H2,1-2H3/t15-/m1/s1. The van der Waals surface area contributed by atoms with Crippen LogP contribution in [0.15, 0.2) is 24.3 Å². The number of methoxy groups -OCH3 is 1. The molecule has 2 aliphatic rings. The summed E-state index contributed by atoms with van der Waals surface area (Å²) in [6, 6.07) is 5.69. The number of hydrogen-bond acceptors (Lipinski definition) is 4. The molecule has 1 aromatic carbocycles. The first-order valence-electron chi connectivity index (χ1n) is 6.20. The third kappa shape index (κ3) is 1.59. The highest BCUT2D eigenvalue weighted by Crippen LogP contribution is 2.49. The Hall–Kier alpha value is -2.10. The van der Waals surface area contributed by atoms with Gasteiger partial charge < -0.3 is 9.47 Å². The number of ether oxygens (including phenoxy) is 2. The third-order valence-corrected chi connectivity index (χ3v) is 3.69. The van der Waals surface area contributed by atoms with Crippen LogP contribution in [-0.2, 0) is 14.3 Å². The summed E-state index contributed by atoms with van der Waals surface area (Å²) >= 11 is 0. The number of fused-ring (bicyclic) bond motifs is 3. The van der Waals surface area contributed by atoms with E-state index < -0.39 is 11.6 Å². The highest BCUT2D eigenvalue weighted by molar-refractivity contribution is 6.10. The second kappa shape index (κ2) is 3.95. The van der Waals surface area contributed by atoms with Crippen LogP contribution < -0.4 is 4.74 Å². The molecular weight excluding hydrogens is 244 g/mol. The van der Waals surface area contributed by atoms with E-state index in [0.717, 1.165) is 11.1 Å². The summed E-state index contributed by atoms with van der Waals surface area (Å²) in [5, 5.41) is 0. The minimum absolute atomic E-state index is 0.0208. The van der Waals surface area contributed by atoms with Crippen molar-refractivity contribution >= 4 is 17.3 Å². The Kier molecular flexibility index (Phi) is 2.49. The highest BCUT2D eigenvalue weighted by Gasteiger charge is 2.53. The first-order chi connectivity index (χ1) is 9.06. The molecule has 1 aromatic rings. The summed E-state index contributed by atoms with van der Waals surface area (Å²) in [6.07, 6.45) is 2.15. The molecule has 0 N–H and O–H groups in total. The molecule has 0 saturated carbocycles. The molecule has 0 amide bonds. The van der Waals surface area contributed by atoms with Crippen LogP contribution in [0.2, 0.25) is 0 Å². The molecular formula is C15H14O4. The third-order valence-electron chi connectivity index (χ3n) is 3.69. The van der Waals surface area contributed by atoms with Crippen LogP contribution in [0, 0.1) is 6.92 Å². The number of rotatable bonds is 1. The lowest BCUT2D eigenvalue weighted by atomic mass is 9.80. The number of ketones is 1. The minimum atomic E-state index is -1.14. The normalized spacial score (nSPS) is 24.1. The van der Waals surface area contributed by atoms with E-state index in [1.165, 1.54) is 13.2 Å². The predicted molar refractivity (Wildman–Crippen MR) is 68.8 cm³/mol. The van der Waals surface area contributed by atoms with Crippen molar-refractivity contribution in [2.75, 3.05) is 7.11 Å². The van der Waals surface area contributed by atoms with Crippen molar-refractivity contribution in [2.24, 2.45) is 0 Å². The fraction of sp³-hybridized carbons (Fsp3) is 0.333. The summed E-state index contributed by atoms with van der Waals surface area (Å²) in [5.41, 5.74) is 1.37. The molecule has 0 aromatic heterocycles. The molecule has 0 spiro atoms. The van der Waals surface area contributed by atoms with Crippen LogP contribution in [0.1, 0.15) is 24.0 Å². The lowest BCUT2D eigenvalue weighted by molar-refractivity contribution is -0.154. The second-order valence-electron chi connectivity index (χ2n) is 4.94. The zero-order valence-corrected chi connectivity index (χ0v) is 10.9. The molecule has 4 heteroatoms. The van der Waals surface area contributed by atoms with Gasteiger partial charge in [0.1, 0.15) is 5.75 Å². The van der Waals surface area contributed by atoms with Gasteiger partial charge in [-0.25, -0.2) is 4.79 Å². The van der Waals surface area contributed by atoms with Crippen molar-refractivity contribution < 1.29 is 19.1 Å². The molecule has 98 valence electrons. The number of benzene rings is 1. The summed E-state index contributed by atoms with van der Waals surface area (Å²) in [7, 11) is 1.34. The fourth-order valence-corrected chi connectivity index (χ4v) is 2.73. The van der Waals surface area contributed by atoms with Crippen LogP contribution >= 0.6 is 0 Å². The highest BCUT2D eigenvalue weighted by atomic mass is 16.6. The van der Waals surface area contributed by atoms with Gasteiger partial charge in [0.15, 0.2) is 5.78 Å². The maximum atomic E-state index is 12.1. The molecule has 0 bridgehead atoms. The van der Waals surface area contributed by atoms with Crippen LogP contribution in [0.4, 0.5) is 0 Å². The maximum absolute atomic E-state index is 12.1. The molecule has 0 saturated heterocycles. The zero-order valence-electron chi connectivity index (χ0n) is 10.9. The molecule has 0 unspecified atom stereocenters. The van der Waals surface area contributed by atoms with E-state index >= 15 is 0 Å². The average Bonchev–Trinajstić information content (AvgIpc) is 2.73. The lowest BCUT2D eigenvalue weighted by Crippen LogP contribution is -2.45. The summed E-state index contributed by atoms with van der Waals surface area (Å²) < 4.78 is 10.7. The first-order valence-corrected chi connectivity index (χ1v) is 6.20. The molecule has 1 atom stereocenters. The summed E-state index contributed by atoms with van der Waals surface area (Å²) in [4.78, 5) is 23.8. The Labute approximate surface area is 111 Å². The molecule has 1 aliphatic heterocycles. The van der Waals surface area contributed by atoms with E-state index in [2.05, 4.69) is 0 Å². The van der Waals surface area contributed by atoms with Gasteiger partial charge in [-0.2, -0.15) is 0 Å². The molecule has 4 nitrogen and oxygen atoms in total. The van der Waals surface area contributed by atoms with E-state index in [9.17, 15) is 9.59 Å². The molecule has 1 heterocycles. The van der Waals surface area contributed by atoms with E-state index in [-0.39, 0.29) is 5.78 Å². The van der Waals surface area contributed by atoms with E-state index in [4.69, 9.17) is 9.47 Å². The maximum Gasteiger partial charge on any atom is 0.355 e. The summed E-state index contributed by atoms with van der Waals surface area (Å²) in [5.74, 6) is 0.213. The Morgan fingerprint density at radius 2 is 2.21 bits per heavy atom. The summed E-state index contributed by atoms with van der Waals surface area (Å²) in [6.45, 7) is 1.96. The molecule has 0 radical (unpaired) electrons. The van der Waals surface area contributed by atoms with Crippen molar-refractivity contribution in [1.29, 1.82) is 0 Å². The fourth-order valence-electron chi connectivity index (χ4n) is 2.73. The van der Waals surface area contributed by atoms with Crippen molar-refractivity contribution in [2.45, 2.75) is 25.4 Å². The van der Waals surface area contributed by atoms with Gasteiger partial charge >= 0.3 is 5.97 Å². The Morgan fingerprint density at radius 1 is 1.42 bits per heavy atom. The topological polar surface area (TPSA) is 52.6 Å². The van der Waals surface area contributed by atoms with Gasteiger partial charge in [-0.05, 0) is 25.1 Å². The monoisotopic (exact) mass is 258 g/mol. The minimum Gasteiger partial charge on any atom is -0.470 e. The number of carbonyl (C=O) groups is 2.